The van der Waals surface area contributed by atoms with Crippen molar-refractivity contribution in [3.05, 3.63) is 42.2 Å². The lowest BCUT2D eigenvalue weighted by atomic mass is 10.1. The van der Waals surface area contributed by atoms with Crippen molar-refractivity contribution in [2.75, 3.05) is 25.5 Å². The van der Waals surface area contributed by atoms with Gasteiger partial charge in [0.05, 0.1) is 23.3 Å². The van der Waals surface area contributed by atoms with E-state index in [4.69, 9.17) is 0 Å². The van der Waals surface area contributed by atoms with Crippen LogP contribution in [0.25, 0.3) is 11.4 Å². The van der Waals surface area contributed by atoms with Crippen molar-refractivity contribution < 1.29 is 22.0 Å². The number of halogens is 2. The maximum absolute atomic E-state index is 13.4. The first-order valence-corrected chi connectivity index (χ1v) is 11.6. The molecule has 1 aromatic heterocycles. The Bertz CT molecular complexity index is 1050. The molecule has 0 spiro atoms. The Hall–Kier alpha value is -2.66. The Morgan fingerprint density at radius 1 is 1.06 bits per heavy atom. The molecule has 11 heteroatoms. The fourth-order valence-electron chi connectivity index (χ4n) is 3.66. The topological polar surface area (TPSA) is 95.5 Å². The zero-order chi connectivity index (χ0) is 22.2. The Balaban J connectivity index is 1.34. The van der Waals surface area contributed by atoms with Gasteiger partial charge in [-0.05, 0) is 37.8 Å². The number of carbonyl (C=O) groups is 1. The van der Waals surface area contributed by atoms with Gasteiger partial charge in [-0.15, -0.1) is 0 Å². The van der Waals surface area contributed by atoms with E-state index in [1.165, 1.54) is 16.7 Å². The van der Waals surface area contributed by atoms with E-state index < -0.39 is 21.7 Å². The first-order chi connectivity index (χ1) is 14.7. The lowest BCUT2D eigenvalue weighted by Crippen LogP contribution is -2.48. The van der Waals surface area contributed by atoms with Crippen LogP contribution in [0.3, 0.4) is 0 Å². The molecule has 0 radical (unpaired) electrons. The van der Waals surface area contributed by atoms with Gasteiger partial charge in [0.2, 0.25) is 10.0 Å². The summed E-state index contributed by atoms with van der Waals surface area (Å²) in [5.74, 6) is -1.32. The lowest BCUT2D eigenvalue weighted by Gasteiger charge is -2.36. The summed E-state index contributed by atoms with van der Waals surface area (Å²) in [5.41, 5.74) is 0.534. The van der Waals surface area contributed by atoms with Crippen molar-refractivity contribution >= 4 is 21.7 Å². The third kappa shape index (κ3) is 4.82. The summed E-state index contributed by atoms with van der Waals surface area (Å²) in [6, 6.07) is 2.57. The van der Waals surface area contributed by atoms with E-state index in [0.29, 0.717) is 31.6 Å². The maximum Gasteiger partial charge on any atom is 0.321 e. The molecule has 4 rings (SSSR count). The molecule has 1 saturated carbocycles. The van der Waals surface area contributed by atoms with Gasteiger partial charge in [-0.25, -0.2) is 36.3 Å². The van der Waals surface area contributed by atoms with E-state index >= 15 is 0 Å². The fraction of sp³-hybridized carbons (Fsp3) is 0.450. The zero-order valence-corrected chi connectivity index (χ0v) is 17.8. The minimum Gasteiger partial charge on any atom is -0.325 e. The maximum atomic E-state index is 13.4. The van der Waals surface area contributed by atoms with Crippen LogP contribution in [0, 0.1) is 11.6 Å². The molecule has 2 heterocycles. The second-order valence-electron chi connectivity index (χ2n) is 7.87. The van der Waals surface area contributed by atoms with Crippen molar-refractivity contribution in [1.82, 2.24) is 19.2 Å². The van der Waals surface area contributed by atoms with Gasteiger partial charge in [0.25, 0.3) is 0 Å². The van der Waals surface area contributed by atoms with Crippen LogP contribution in [0.5, 0.6) is 0 Å². The molecule has 8 nitrogen and oxygen atoms in total. The molecule has 2 amide bonds. The van der Waals surface area contributed by atoms with Gasteiger partial charge < -0.3 is 10.2 Å². The number of amides is 2. The fourth-order valence-corrected chi connectivity index (χ4v) is 5.54. The van der Waals surface area contributed by atoms with Crippen molar-refractivity contribution in [1.29, 1.82) is 0 Å². The van der Waals surface area contributed by atoms with Crippen molar-refractivity contribution in [3.8, 4) is 11.4 Å². The van der Waals surface area contributed by atoms with Crippen molar-refractivity contribution in [2.24, 2.45) is 0 Å². The van der Waals surface area contributed by atoms with Crippen molar-refractivity contribution in [2.45, 2.75) is 37.0 Å². The van der Waals surface area contributed by atoms with Gasteiger partial charge in [-0.1, -0.05) is 0 Å². The molecule has 1 aliphatic carbocycles. The van der Waals surface area contributed by atoms with E-state index in [9.17, 15) is 22.0 Å². The number of carbonyl (C=O) groups excluding carboxylic acids is 1. The van der Waals surface area contributed by atoms with E-state index in [1.807, 2.05) is 0 Å². The molecule has 31 heavy (non-hydrogen) atoms. The molecule has 1 aromatic carbocycles. The van der Waals surface area contributed by atoms with E-state index in [0.717, 1.165) is 31.0 Å². The molecule has 1 aliphatic heterocycles. The van der Waals surface area contributed by atoms with Crippen LogP contribution < -0.4 is 5.32 Å². The number of sulfonamides is 1. The predicted molar refractivity (Wildman–Crippen MR) is 111 cm³/mol. The number of hydrogen-bond donors (Lipinski definition) is 1. The number of nitrogens with zero attached hydrogens (tertiary/aromatic N) is 4. The highest BCUT2D eigenvalue weighted by molar-refractivity contribution is 7.90. The van der Waals surface area contributed by atoms with Crippen LogP contribution >= 0.6 is 0 Å². The molecule has 0 atom stereocenters. The first-order valence-electron chi connectivity index (χ1n) is 10.1. The molecule has 1 N–H and O–H groups in total. The number of piperidine rings is 1. The van der Waals surface area contributed by atoms with Gasteiger partial charge in [-0.2, -0.15) is 0 Å². The molecule has 2 fully saturated rings. The number of nitrogens with one attached hydrogen (secondary N) is 1. The first kappa shape index (κ1) is 21.6. The summed E-state index contributed by atoms with van der Waals surface area (Å²) < 4.78 is 53.0. The van der Waals surface area contributed by atoms with Gasteiger partial charge in [0.1, 0.15) is 11.6 Å². The summed E-state index contributed by atoms with van der Waals surface area (Å²) in [6.45, 7) is 0.812. The quantitative estimate of drug-likeness (QED) is 0.754. The number of hydrogen-bond acceptors (Lipinski definition) is 5. The SMILES string of the molecule is CN(C(=O)Nc1cnc(-c2cc(F)cc(F)c2)nc1)C1CCN(S(=O)(=O)C2CC2)CC1. The Kier molecular flexibility index (Phi) is 5.89. The third-order valence-corrected chi connectivity index (χ3v) is 8.02. The predicted octanol–water partition coefficient (Wildman–Crippen LogP) is 2.84. The summed E-state index contributed by atoms with van der Waals surface area (Å²) in [7, 11) is -1.53. The standard InChI is InChI=1S/C20H23F2N5O3S/c1-26(17-4-6-27(7-5-17)31(29,30)18-2-3-18)20(28)25-16-11-23-19(24-12-16)13-8-14(21)10-15(22)9-13/h8-12,17-18H,2-7H2,1H3,(H,25,28). The van der Waals surface area contributed by atoms with Crippen LogP contribution in [-0.2, 0) is 10.0 Å². The second kappa shape index (κ2) is 8.46. The highest BCUT2D eigenvalue weighted by Crippen LogP contribution is 2.32. The molecule has 166 valence electrons. The molecule has 2 aliphatic rings. The zero-order valence-electron chi connectivity index (χ0n) is 17.0. The highest BCUT2D eigenvalue weighted by Gasteiger charge is 2.41. The average molecular weight is 451 g/mol. The van der Waals surface area contributed by atoms with Gasteiger partial charge in [0.15, 0.2) is 5.82 Å². The normalized spacial score (nSPS) is 18.0. The number of rotatable bonds is 5. The van der Waals surface area contributed by atoms with Gasteiger partial charge >= 0.3 is 6.03 Å². The lowest BCUT2D eigenvalue weighted by molar-refractivity contribution is 0.174. The average Bonchev–Trinajstić information content (AvgIpc) is 3.59. The summed E-state index contributed by atoms with van der Waals surface area (Å²) in [5, 5.41) is 2.47. The monoisotopic (exact) mass is 451 g/mol. The van der Waals surface area contributed by atoms with Crippen LogP contribution in [0.4, 0.5) is 19.3 Å². The van der Waals surface area contributed by atoms with E-state index in [1.54, 1.807) is 11.9 Å². The highest BCUT2D eigenvalue weighted by atomic mass is 32.2. The van der Waals surface area contributed by atoms with Crippen LogP contribution in [0.15, 0.2) is 30.6 Å². The van der Waals surface area contributed by atoms with Crippen LogP contribution in [0.2, 0.25) is 0 Å². The summed E-state index contributed by atoms with van der Waals surface area (Å²) >= 11 is 0. The Morgan fingerprint density at radius 2 is 1.65 bits per heavy atom. The van der Waals surface area contributed by atoms with Crippen LogP contribution in [-0.4, -0.2) is 65.1 Å². The third-order valence-electron chi connectivity index (χ3n) is 5.62. The smallest absolute Gasteiger partial charge is 0.321 e. The van der Waals surface area contributed by atoms with Crippen LogP contribution in [0.1, 0.15) is 25.7 Å². The second-order valence-corrected chi connectivity index (χ2v) is 10.1. The molecule has 0 bridgehead atoms. The summed E-state index contributed by atoms with van der Waals surface area (Å²) in [6.07, 6.45) is 5.33. The largest absolute Gasteiger partial charge is 0.325 e. The van der Waals surface area contributed by atoms with E-state index in [2.05, 4.69) is 15.3 Å². The number of urea groups is 1. The van der Waals surface area contributed by atoms with Gasteiger partial charge in [-0.3, -0.25) is 0 Å². The van der Waals surface area contributed by atoms with Crippen molar-refractivity contribution in [3.63, 3.8) is 0 Å². The Morgan fingerprint density at radius 3 is 2.19 bits per heavy atom. The number of anilines is 1. The molecular weight excluding hydrogens is 428 g/mol. The van der Waals surface area contributed by atoms with Gasteiger partial charge in [0, 0.05) is 37.8 Å². The number of benzene rings is 1. The minimum atomic E-state index is -3.19. The molecule has 1 saturated heterocycles. The van der Waals surface area contributed by atoms with E-state index in [-0.39, 0.29) is 28.7 Å². The molecular formula is C20H23F2N5O3S. The Labute approximate surface area is 179 Å². The number of aromatic nitrogens is 2. The molecule has 2 aromatic rings. The molecule has 0 unspecified atom stereocenters. The minimum absolute atomic E-state index is 0.0823. The summed E-state index contributed by atoms with van der Waals surface area (Å²) in [4.78, 5) is 22.3.